The van der Waals surface area contributed by atoms with E-state index in [9.17, 15) is 26.3 Å². The lowest BCUT2D eigenvalue weighted by molar-refractivity contribution is -0.143. The van der Waals surface area contributed by atoms with Gasteiger partial charge in [-0.2, -0.15) is 31.4 Å². The van der Waals surface area contributed by atoms with Crippen LogP contribution in [-0.4, -0.2) is 9.78 Å². The summed E-state index contributed by atoms with van der Waals surface area (Å²) >= 11 is 0. The molecular formula is C19H15F6N5. The van der Waals surface area contributed by atoms with Crippen molar-refractivity contribution in [2.75, 3.05) is 11.1 Å². The summed E-state index contributed by atoms with van der Waals surface area (Å²) in [6.07, 6.45) is -8.54. The molecule has 5 nitrogen and oxygen atoms in total. The molecule has 0 spiro atoms. The Bertz CT molecular complexity index is 1050. The van der Waals surface area contributed by atoms with Gasteiger partial charge in [-0.1, -0.05) is 12.1 Å². The van der Waals surface area contributed by atoms with Gasteiger partial charge in [-0.3, -0.25) is 0 Å². The lowest BCUT2D eigenvalue weighted by Gasteiger charge is -2.11. The number of nitrogens with two attached hydrogens (primary N) is 2. The van der Waals surface area contributed by atoms with Crippen molar-refractivity contribution in [1.29, 1.82) is 0 Å². The van der Waals surface area contributed by atoms with E-state index in [1.54, 1.807) is 24.3 Å². The second kappa shape index (κ2) is 7.65. The fraction of sp³-hybridized carbons (Fsp3) is 0.105. The molecule has 0 radical (unpaired) electrons. The Morgan fingerprint density at radius 1 is 0.900 bits per heavy atom. The Kier molecular flexibility index (Phi) is 5.38. The fourth-order valence-electron chi connectivity index (χ4n) is 2.54. The van der Waals surface area contributed by atoms with E-state index >= 15 is 0 Å². The molecule has 2 aromatic carbocycles. The van der Waals surface area contributed by atoms with Gasteiger partial charge in [-0.05, 0) is 42.0 Å². The smallest absolute Gasteiger partial charge is 0.399 e. The molecule has 0 amide bonds. The van der Waals surface area contributed by atoms with E-state index in [1.165, 1.54) is 30.5 Å². The predicted octanol–water partition coefficient (Wildman–Crippen LogP) is 4.86. The number of benzene rings is 2. The largest absolute Gasteiger partial charge is 0.435 e. The van der Waals surface area contributed by atoms with Crippen LogP contribution in [0.25, 0.3) is 11.4 Å². The molecule has 0 saturated carbocycles. The van der Waals surface area contributed by atoms with Gasteiger partial charge in [0.05, 0.1) is 11.4 Å². The molecular weight excluding hydrogens is 412 g/mol. The Morgan fingerprint density at radius 3 is 2.03 bits per heavy atom. The van der Waals surface area contributed by atoms with Gasteiger partial charge in [0.2, 0.25) is 0 Å². The van der Waals surface area contributed by atoms with Crippen LogP contribution >= 0.6 is 0 Å². The van der Waals surface area contributed by atoms with Crippen LogP contribution < -0.4 is 16.8 Å². The van der Waals surface area contributed by atoms with Crippen LogP contribution in [0.4, 0.5) is 37.7 Å². The highest BCUT2D eigenvalue weighted by Gasteiger charge is 2.42. The molecule has 0 aliphatic heterocycles. The second-order valence-corrected chi connectivity index (χ2v) is 6.24. The molecule has 0 bridgehead atoms. The lowest BCUT2D eigenvalue weighted by Crippen LogP contribution is -2.13. The Morgan fingerprint density at radius 2 is 1.50 bits per heavy atom. The highest BCUT2D eigenvalue weighted by Crippen LogP contribution is 2.36. The molecule has 0 atom stereocenters. The van der Waals surface area contributed by atoms with E-state index in [2.05, 4.69) is 10.4 Å². The zero-order valence-electron chi connectivity index (χ0n) is 15.1. The van der Waals surface area contributed by atoms with Gasteiger partial charge in [0.1, 0.15) is 5.69 Å². The highest BCUT2D eigenvalue weighted by atomic mass is 19.4. The van der Waals surface area contributed by atoms with Gasteiger partial charge in [0.15, 0.2) is 5.69 Å². The number of alkyl halides is 6. The third-order valence-corrected chi connectivity index (χ3v) is 4.04. The molecule has 0 fully saturated rings. The Labute approximate surface area is 166 Å². The third-order valence-electron chi connectivity index (χ3n) is 4.04. The number of aromatic nitrogens is 2. The first kappa shape index (κ1) is 21.1. The normalized spacial score (nSPS) is 12.8. The molecule has 3 rings (SSSR count). The van der Waals surface area contributed by atoms with Crippen molar-refractivity contribution in [3.63, 3.8) is 0 Å². The van der Waals surface area contributed by atoms with Gasteiger partial charge in [0.25, 0.3) is 0 Å². The first-order chi connectivity index (χ1) is 13.9. The molecule has 11 heteroatoms. The van der Waals surface area contributed by atoms with Gasteiger partial charge in [0, 0.05) is 23.6 Å². The average molecular weight is 427 g/mol. The molecule has 5 N–H and O–H groups in total. The minimum atomic E-state index is -5.01. The van der Waals surface area contributed by atoms with Crippen LogP contribution in [0.2, 0.25) is 0 Å². The zero-order valence-corrected chi connectivity index (χ0v) is 15.1. The number of anilines is 2. The highest BCUT2D eigenvalue weighted by molar-refractivity contribution is 5.67. The zero-order chi connectivity index (χ0) is 22.1. The second-order valence-electron chi connectivity index (χ2n) is 6.24. The first-order valence-electron chi connectivity index (χ1n) is 8.38. The van der Waals surface area contributed by atoms with E-state index in [-0.39, 0.29) is 16.4 Å². The Hall–Kier alpha value is -3.63. The van der Waals surface area contributed by atoms with E-state index < -0.39 is 23.7 Å². The average Bonchev–Trinajstić information content (AvgIpc) is 3.13. The van der Waals surface area contributed by atoms with Crippen LogP contribution in [-0.2, 0) is 12.4 Å². The summed E-state index contributed by atoms with van der Waals surface area (Å²) in [5.41, 5.74) is 10.3. The van der Waals surface area contributed by atoms with Crippen LogP contribution in [0.15, 0.2) is 60.8 Å². The van der Waals surface area contributed by atoms with Gasteiger partial charge in [-0.15, -0.1) is 0 Å². The summed E-state index contributed by atoms with van der Waals surface area (Å²) < 4.78 is 78.1. The van der Waals surface area contributed by atoms with E-state index in [0.29, 0.717) is 22.6 Å². The number of nitrogens with zero attached hydrogens (tertiary/aromatic N) is 2. The van der Waals surface area contributed by atoms with Crippen molar-refractivity contribution in [2.24, 2.45) is 5.73 Å². The fourth-order valence-corrected chi connectivity index (χ4v) is 2.54. The number of rotatable bonds is 4. The van der Waals surface area contributed by atoms with Crippen molar-refractivity contribution >= 4 is 17.1 Å². The quantitative estimate of drug-likeness (QED) is 0.410. The number of hydrogen-bond donors (Lipinski definition) is 3. The SMILES string of the molecule is N/C(=C\Nc1ccc(-n2nc(C(F)(F)F)cc2C(F)(F)F)cc1)c1ccc(N)cc1. The van der Waals surface area contributed by atoms with Gasteiger partial charge >= 0.3 is 12.4 Å². The van der Waals surface area contributed by atoms with Crippen molar-refractivity contribution in [3.05, 3.63) is 77.7 Å². The van der Waals surface area contributed by atoms with Crippen LogP contribution in [0.1, 0.15) is 17.0 Å². The van der Waals surface area contributed by atoms with E-state index in [4.69, 9.17) is 11.5 Å². The van der Waals surface area contributed by atoms with Crippen LogP contribution in [0.5, 0.6) is 0 Å². The minimum Gasteiger partial charge on any atom is -0.399 e. The molecule has 3 aromatic rings. The molecule has 0 aliphatic carbocycles. The minimum absolute atomic E-state index is 0.0256. The summed E-state index contributed by atoms with van der Waals surface area (Å²) in [7, 11) is 0. The molecule has 30 heavy (non-hydrogen) atoms. The van der Waals surface area contributed by atoms with E-state index in [1.807, 2.05) is 0 Å². The van der Waals surface area contributed by atoms with Crippen LogP contribution in [0.3, 0.4) is 0 Å². The summed E-state index contributed by atoms with van der Waals surface area (Å²) in [4.78, 5) is 0. The molecule has 0 saturated heterocycles. The molecule has 0 unspecified atom stereocenters. The summed E-state index contributed by atoms with van der Waals surface area (Å²) in [5, 5.41) is 5.94. The first-order valence-corrected chi connectivity index (χ1v) is 8.38. The predicted molar refractivity (Wildman–Crippen MR) is 100 cm³/mol. The maximum atomic E-state index is 13.1. The maximum absolute atomic E-state index is 13.1. The molecule has 1 heterocycles. The maximum Gasteiger partial charge on any atom is 0.435 e. The third kappa shape index (κ3) is 4.67. The number of nitrogen functional groups attached to an aromatic ring is 1. The molecule has 1 aromatic heterocycles. The van der Waals surface area contributed by atoms with Crippen molar-refractivity contribution < 1.29 is 26.3 Å². The topological polar surface area (TPSA) is 81.9 Å². The molecule has 158 valence electrons. The Balaban J connectivity index is 1.84. The monoisotopic (exact) mass is 427 g/mol. The van der Waals surface area contributed by atoms with Gasteiger partial charge < -0.3 is 16.8 Å². The number of halogens is 6. The van der Waals surface area contributed by atoms with Crippen molar-refractivity contribution in [1.82, 2.24) is 9.78 Å². The summed E-state index contributed by atoms with van der Waals surface area (Å²) in [5.74, 6) is 0. The van der Waals surface area contributed by atoms with Gasteiger partial charge in [-0.25, -0.2) is 4.68 Å². The molecule has 0 aliphatic rings. The lowest BCUT2D eigenvalue weighted by atomic mass is 10.1. The standard InChI is InChI=1S/C19H15F6N5/c20-18(21,22)16-9-17(19(23,24)25)30(29-16)14-7-5-13(6-8-14)28-10-15(27)11-1-3-12(26)4-2-11/h1-10,28H,26-27H2/b15-10-. The number of hydrogen-bond acceptors (Lipinski definition) is 4. The van der Waals surface area contributed by atoms with E-state index in [0.717, 1.165) is 0 Å². The summed E-state index contributed by atoms with van der Waals surface area (Å²) in [6.45, 7) is 0. The van der Waals surface area contributed by atoms with Crippen molar-refractivity contribution in [2.45, 2.75) is 12.4 Å². The van der Waals surface area contributed by atoms with Crippen LogP contribution in [0, 0.1) is 0 Å². The number of nitrogens with one attached hydrogen (secondary N) is 1. The summed E-state index contributed by atoms with van der Waals surface area (Å²) in [6, 6.07) is 11.9. The van der Waals surface area contributed by atoms with Crippen molar-refractivity contribution in [3.8, 4) is 5.69 Å².